The second-order valence-corrected chi connectivity index (χ2v) is 5.93. The van der Waals surface area contributed by atoms with E-state index in [9.17, 15) is 9.59 Å². The first-order valence-corrected chi connectivity index (χ1v) is 8.26. The summed E-state index contributed by atoms with van der Waals surface area (Å²) in [7, 11) is 0. The van der Waals surface area contributed by atoms with E-state index in [-0.39, 0.29) is 17.5 Å². The highest BCUT2D eigenvalue weighted by Crippen LogP contribution is 2.11. The molecule has 0 unspecified atom stereocenters. The molecule has 5 nitrogen and oxygen atoms in total. The minimum absolute atomic E-state index is 0.163. The van der Waals surface area contributed by atoms with Gasteiger partial charge in [-0.15, -0.1) is 0 Å². The molecule has 1 heterocycles. The van der Waals surface area contributed by atoms with Gasteiger partial charge >= 0.3 is 0 Å². The fraction of sp³-hybridized carbons (Fsp3) is 0.0952. The first-order valence-electron chi connectivity index (χ1n) is 8.26. The maximum absolute atomic E-state index is 13.0. The van der Waals surface area contributed by atoms with Gasteiger partial charge < -0.3 is 5.32 Å². The lowest BCUT2D eigenvalue weighted by atomic mass is 10.1. The maximum Gasteiger partial charge on any atom is 0.294 e. The predicted molar refractivity (Wildman–Crippen MR) is 101 cm³/mol. The van der Waals surface area contributed by atoms with E-state index < -0.39 is 0 Å². The van der Waals surface area contributed by atoms with Gasteiger partial charge in [0, 0.05) is 11.3 Å². The van der Waals surface area contributed by atoms with Crippen LogP contribution in [0.2, 0.25) is 0 Å². The van der Waals surface area contributed by atoms with Crippen LogP contribution in [0, 0.1) is 13.8 Å². The van der Waals surface area contributed by atoms with Crippen LogP contribution in [0.15, 0.2) is 72.4 Å². The fourth-order valence-corrected chi connectivity index (χ4v) is 2.60. The second kappa shape index (κ2) is 7.61. The van der Waals surface area contributed by atoms with Crippen LogP contribution in [0.3, 0.4) is 0 Å². The Kier molecular flexibility index (Phi) is 5.08. The van der Waals surface area contributed by atoms with E-state index in [1.807, 2.05) is 49.4 Å². The van der Waals surface area contributed by atoms with Gasteiger partial charge in [0.05, 0.1) is 5.69 Å². The first-order chi connectivity index (χ1) is 12.5. The van der Waals surface area contributed by atoms with Crippen LogP contribution >= 0.6 is 0 Å². The Morgan fingerprint density at radius 3 is 2.15 bits per heavy atom. The number of rotatable bonds is 4. The molecule has 0 aliphatic carbocycles. The molecule has 0 saturated carbocycles. The van der Waals surface area contributed by atoms with Crippen LogP contribution < -0.4 is 5.32 Å². The van der Waals surface area contributed by atoms with Crippen molar-refractivity contribution < 1.29 is 9.59 Å². The first kappa shape index (κ1) is 17.4. The summed E-state index contributed by atoms with van der Waals surface area (Å²) in [4.78, 5) is 25.5. The number of aromatic nitrogens is 2. The Morgan fingerprint density at radius 1 is 0.962 bits per heavy atom. The average molecular weight is 345 g/mol. The molecular formula is C21H19N3O2. The molecular weight excluding hydrogens is 326 g/mol. The standard InChI is InChI=1S/C21H19N3O2/c1-15-13-16(2)24(23-15)21(26)19(14-17-9-5-3-6-10-17)22-20(25)18-11-7-4-8-12-18/h3-14H,1-2H3,(H,22,25)/b19-14-. The number of nitrogens with zero attached hydrogens (tertiary/aromatic N) is 2. The van der Waals surface area contributed by atoms with Crippen molar-refractivity contribution >= 4 is 17.9 Å². The molecule has 1 amide bonds. The van der Waals surface area contributed by atoms with E-state index in [1.54, 1.807) is 37.3 Å². The predicted octanol–water partition coefficient (Wildman–Crippen LogP) is 3.61. The monoisotopic (exact) mass is 345 g/mol. The van der Waals surface area contributed by atoms with Crippen LogP contribution in [0.5, 0.6) is 0 Å². The number of hydrogen-bond acceptors (Lipinski definition) is 3. The van der Waals surface area contributed by atoms with Crippen molar-refractivity contribution in [2.75, 3.05) is 0 Å². The van der Waals surface area contributed by atoms with Gasteiger partial charge in [-0.2, -0.15) is 9.78 Å². The molecule has 1 N–H and O–H groups in total. The number of carbonyl (C=O) groups excluding carboxylic acids is 2. The summed E-state index contributed by atoms with van der Waals surface area (Å²) < 4.78 is 1.30. The molecule has 0 radical (unpaired) electrons. The highest BCUT2D eigenvalue weighted by Gasteiger charge is 2.18. The van der Waals surface area contributed by atoms with Gasteiger partial charge in [0.2, 0.25) is 0 Å². The van der Waals surface area contributed by atoms with E-state index in [1.165, 1.54) is 4.68 Å². The third kappa shape index (κ3) is 3.95. The van der Waals surface area contributed by atoms with Crippen molar-refractivity contribution in [3.8, 4) is 0 Å². The van der Waals surface area contributed by atoms with E-state index in [2.05, 4.69) is 10.4 Å². The van der Waals surface area contributed by atoms with Crippen molar-refractivity contribution in [1.82, 2.24) is 15.1 Å². The Morgan fingerprint density at radius 2 is 1.58 bits per heavy atom. The molecule has 3 rings (SSSR count). The Labute approximate surface area is 152 Å². The second-order valence-electron chi connectivity index (χ2n) is 5.93. The van der Waals surface area contributed by atoms with Crippen molar-refractivity contribution in [3.63, 3.8) is 0 Å². The summed E-state index contributed by atoms with van der Waals surface area (Å²) >= 11 is 0. The van der Waals surface area contributed by atoms with Crippen molar-refractivity contribution in [1.29, 1.82) is 0 Å². The Hall–Kier alpha value is -3.47. The molecule has 2 aromatic carbocycles. The highest BCUT2D eigenvalue weighted by atomic mass is 16.2. The van der Waals surface area contributed by atoms with Gasteiger partial charge in [-0.3, -0.25) is 9.59 Å². The zero-order chi connectivity index (χ0) is 18.5. The molecule has 1 aromatic heterocycles. The molecule has 0 aliphatic rings. The lowest BCUT2D eigenvalue weighted by molar-refractivity contribution is 0.0889. The van der Waals surface area contributed by atoms with Crippen molar-refractivity contribution in [3.05, 3.63) is 94.9 Å². The number of amides is 1. The third-order valence-electron chi connectivity index (χ3n) is 3.83. The summed E-state index contributed by atoms with van der Waals surface area (Å²) in [6.45, 7) is 3.62. The van der Waals surface area contributed by atoms with Crippen molar-refractivity contribution in [2.45, 2.75) is 13.8 Å². The molecule has 0 aliphatic heterocycles. The van der Waals surface area contributed by atoms with Crippen LogP contribution in [0.25, 0.3) is 6.08 Å². The minimum Gasteiger partial charge on any atom is -0.317 e. The summed E-state index contributed by atoms with van der Waals surface area (Å²) in [5.74, 6) is -0.730. The summed E-state index contributed by atoms with van der Waals surface area (Å²) in [6.07, 6.45) is 1.65. The number of carbonyl (C=O) groups is 2. The molecule has 26 heavy (non-hydrogen) atoms. The molecule has 3 aromatic rings. The highest BCUT2D eigenvalue weighted by molar-refractivity contribution is 6.06. The fourth-order valence-electron chi connectivity index (χ4n) is 2.60. The largest absolute Gasteiger partial charge is 0.317 e. The molecule has 130 valence electrons. The normalized spacial score (nSPS) is 11.2. The van der Waals surface area contributed by atoms with Crippen LogP contribution in [-0.4, -0.2) is 21.6 Å². The zero-order valence-corrected chi connectivity index (χ0v) is 14.6. The minimum atomic E-state index is -0.385. The van der Waals surface area contributed by atoms with Crippen LogP contribution in [-0.2, 0) is 0 Å². The van der Waals surface area contributed by atoms with E-state index in [0.717, 1.165) is 11.3 Å². The van der Waals surface area contributed by atoms with Gasteiger partial charge in [-0.25, -0.2) is 0 Å². The van der Waals surface area contributed by atoms with Gasteiger partial charge in [-0.05, 0) is 43.7 Å². The maximum atomic E-state index is 13.0. The smallest absolute Gasteiger partial charge is 0.294 e. The lowest BCUT2D eigenvalue weighted by Gasteiger charge is -2.10. The van der Waals surface area contributed by atoms with E-state index in [0.29, 0.717) is 11.3 Å². The SMILES string of the molecule is Cc1cc(C)n(C(=O)/C(=C/c2ccccc2)NC(=O)c2ccccc2)n1. The quantitative estimate of drug-likeness (QED) is 0.735. The molecule has 0 saturated heterocycles. The number of allylic oxidation sites excluding steroid dienone is 1. The number of benzene rings is 2. The molecule has 0 bridgehead atoms. The summed E-state index contributed by atoms with van der Waals surface area (Å²) in [5.41, 5.74) is 2.90. The molecule has 0 fully saturated rings. The van der Waals surface area contributed by atoms with Gasteiger partial charge in [-0.1, -0.05) is 48.5 Å². The summed E-state index contributed by atoms with van der Waals surface area (Å²) in [5, 5.41) is 6.96. The van der Waals surface area contributed by atoms with Gasteiger partial charge in [0.1, 0.15) is 5.70 Å². The van der Waals surface area contributed by atoms with Crippen LogP contribution in [0.4, 0.5) is 0 Å². The lowest BCUT2D eigenvalue weighted by Crippen LogP contribution is -2.31. The van der Waals surface area contributed by atoms with Gasteiger partial charge in [0.15, 0.2) is 0 Å². The summed E-state index contributed by atoms with van der Waals surface area (Å²) in [6, 6.07) is 20.0. The number of hydrogen-bond donors (Lipinski definition) is 1. The van der Waals surface area contributed by atoms with E-state index in [4.69, 9.17) is 0 Å². The average Bonchev–Trinajstić information content (AvgIpc) is 3.00. The number of nitrogens with one attached hydrogen (secondary N) is 1. The van der Waals surface area contributed by atoms with Crippen LogP contribution in [0.1, 0.15) is 32.1 Å². The molecule has 5 heteroatoms. The van der Waals surface area contributed by atoms with Crippen molar-refractivity contribution in [2.24, 2.45) is 0 Å². The number of aryl methyl sites for hydroxylation is 2. The Bertz CT molecular complexity index is 957. The molecule has 0 atom stereocenters. The molecule has 0 spiro atoms. The van der Waals surface area contributed by atoms with E-state index >= 15 is 0 Å². The topological polar surface area (TPSA) is 64.0 Å². The third-order valence-corrected chi connectivity index (χ3v) is 3.83. The van der Waals surface area contributed by atoms with Gasteiger partial charge in [0.25, 0.3) is 11.8 Å². The Balaban J connectivity index is 1.97. The zero-order valence-electron chi connectivity index (χ0n) is 14.6.